The van der Waals surface area contributed by atoms with E-state index in [1.807, 2.05) is 56.3 Å². The number of anilines is 1. The number of carbonyl (C=O) groups is 2. The minimum absolute atomic E-state index is 0.120. The number of rotatable bonds is 5. The second-order valence-corrected chi connectivity index (χ2v) is 9.95. The Morgan fingerprint density at radius 2 is 1.77 bits per heavy atom. The number of benzene rings is 2. The monoisotopic (exact) mass is 429 g/mol. The van der Waals surface area contributed by atoms with Gasteiger partial charge in [-0.3, -0.25) is 14.5 Å². The van der Waals surface area contributed by atoms with Gasteiger partial charge in [0.05, 0.1) is 12.8 Å². The van der Waals surface area contributed by atoms with Gasteiger partial charge in [0.25, 0.3) is 0 Å². The largest absolute Gasteiger partial charge is 0.350 e. The van der Waals surface area contributed by atoms with E-state index in [1.54, 1.807) is 13.0 Å². The van der Waals surface area contributed by atoms with Gasteiger partial charge >= 0.3 is 0 Å². The molecule has 2 amide bonds. The predicted molar refractivity (Wildman–Crippen MR) is 117 cm³/mol. The van der Waals surface area contributed by atoms with Gasteiger partial charge in [0.1, 0.15) is 5.54 Å². The third kappa shape index (κ3) is 4.39. The van der Waals surface area contributed by atoms with Gasteiger partial charge in [-0.15, -0.1) is 0 Å². The van der Waals surface area contributed by atoms with Crippen molar-refractivity contribution in [2.75, 3.05) is 24.2 Å². The Hall–Kier alpha value is -2.71. The average Bonchev–Trinajstić information content (AvgIpc) is 2.68. The van der Waals surface area contributed by atoms with Gasteiger partial charge in [-0.2, -0.15) is 4.31 Å². The number of amides is 2. The first-order valence-corrected chi connectivity index (χ1v) is 11.5. The molecule has 1 aliphatic rings. The molecule has 2 aromatic rings. The molecule has 2 aromatic carbocycles. The number of aryl methyl sites for hydroxylation is 2. The highest BCUT2D eigenvalue weighted by Gasteiger charge is 2.50. The van der Waals surface area contributed by atoms with E-state index >= 15 is 0 Å². The highest BCUT2D eigenvalue weighted by Crippen LogP contribution is 2.31. The molecule has 0 bridgehead atoms. The van der Waals surface area contributed by atoms with Gasteiger partial charge in [0, 0.05) is 18.8 Å². The third-order valence-electron chi connectivity index (χ3n) is 5.54. The van der Waals surface area contributed by atoms with Gasteiger partial charge in [0.15, 0.2) is 0 Å². The molecule has 30 heavy (non-hydrogen) atoms. The van der Waals surface area contributed by atoms with Crippen molar-refractivity contribution < 1.29 is 18.0 Å². The zero-order valence-electron chi connectivity index (χ0n) is 17.7. The van der Waals surface area contributed by atoms with Crippen LogP contribution in [-0.4, -0.2) is 49.4 Å². The smallest absolute Gasteiger partial charge is 0.247 e. The minimum Gasteiger partial charge on any atom is -0.350 e. The molecule has 1 N–H and O–H groups in total. The number of hydrogen-bond donors (Lipinski definition) is 1. The van der Waals surface area contributed by atoms with Crippen molar-refractivity contribution in [3.63, 3.8) is 0 Å². The first-order valence-electron chi connectivity index (χ1n) is 9.70. The topological polar surface area (TPSA) is 86.8 Å². The van der Waals surface area contributed by atoms with Gasteiger partial charge in [-0.05, 0) is 49.6 Å². The zero-order chi connectivity index (χ0) is 22.1. The van der Waals surface area contributed by atoms with Crippen LogP contribution in [0, 0.1) is 13.8 Å². The molecular formula is C22H27N3O4S. The lowest BCUT2D eigenvalue weighted by molar-refractivity contribution is -0.133. The van der Waals surface area contributed by atoms with Crippen LogP contribution in [0.3, 0.4) is 0 Å². The van der Waals surface area contributed by atoms with Crippen LogP contribution in [0.4, 0.5) is 5.69 Å². The van der Waals surface area contributed by atoms with Crippen molar-refractivity contribution in [2.45, 2.75) is 32.9 Å². The van der Waals surface area contributed by atoms with Crippen molar-refractivity contribution in [3.8, 4) is 0 Å². The van der Waals surface area contributed by atoms with Crippen LogP contribution in [0.5, 0.6) is 0 Å². The molecule has 1 unspecified atom stereocenters. The molecule has 0 radical (unpaired) electrons. The van der Waals surface area contributed by atoms with E-state index in [-0.39, 0.29) is 19.6 Å². The second kappa shape index (κ2) is 8.20. The number of hydrogen-bond acceptors (Lipinski definition) is 4. The summed E-state index contributed by atoms with van der Waals surface area (Å²) in [6.07, 6.45) is 1.05. The Labute approximate surface area is 177 Å². The summed E-state index contributed by atoms with van der Waals surface area (Å²) in [5.41, 5.74) is 2.14. The molecule has 1 saturated heterocycles. The van der Waals surface area contributed by atoms with Crippen molar-refractivity contribution in [1.82, 2.24) is 9.62 Å². The lowest BCUT2D eigenvalue weighted by atomic mass is 9.93. The van der Waals surface area contributed by atoms with E-state index in [0.717, 1.165) is 27.3 Å². The van der Waals surface area contributed by atoms with Crippen LogP contribution in [0.25, 0.3) is 0 Å². The molecule has 0 spiro atoms. The molecule has 0 saturated carbocycles. The van der Waals surface area contributed by atoms with E-state index in [9.17, 15) is 18.0 Å². The number of nitrogens with zero attached hydrogens (tertiary/aromatic N) is 2. The summed E-state index contributed by atoms with van der Waals surface area (Å²) in [6.45, 7) is 5.37. The maximum atomic E-state index is 13.3. The van der Waals surface area contributed by atoms with E-state index in [4.69, 9.17) is 0 Å². The van der Waals surface area contributed by atoms with Crippen molar-refractivity contribution in [1.29, 1.82) is 0 Å². The fraction of sp³-hybridized carbons (Fsp3) is 0.364. The van der Waals surface area contributed by atoms with E-state index in [0.29, 0.717) is 5.69 Å². The van der Waals surface area contributed by atoms with E-state index in [1.165, 1.54) is 4.90 Å². The Bertz CT molecular complexity index is 1070. The average molecular weight is 430 g/mol. The van der Waals surface area contributed by atoms with E-state index in [2.05, 4.69) is 5.32 Å². The molecule has 0 aromatic heterocycles. The SMILES string of the molecule is Cc1ccc(N2C(=O)CN(S(C)(=O)=O)CC2(C)C(=O)NCc2ccccc2)cc1C. The summed E-state index contributed by atoms with van der Waals surface area (Å²) >= 11 is 0. The molecule has 7 nitrogen and oxygen atoms in total. The second-order valence-electron chi connectivity index (χ2n) is 7.97. The highest BCUT2D eigenvalue weighted by atomic mass is 32.2. The molecule has 1 fully saturated rings. The lowest BCUT2D eigenvalue weighted by Gasteiger charge is -2.46. The summed E-state index contributed by atoms with van der Waals surface area (Å²) in [5.74, 6) is -0.849. The summed E-state index contributed by atoms with van der Waals surface area (Å²) in [5, 5.41) is 2.87. The fourth-order valence-corrected chi connectivity index (χ4v) is 4.47. The number of nitrogens with one attached hydrogen (secondary N) is 1. The quantitative estimate of drug-likeness (QED) is 0.788. The number of carbonyl (C=O) groups excluding carboxylic acids is 2. The van der Waals surface area contributed by atoms with Crippen LogP contribution >= 0.6 is 0 Å². The Morgan fingerprint density at radius 1 is 1.10 bits per heavy atom. The summed E-state index contributed by atoms with van der Waals surface area (Å²) in [7, 11) is -3.65. The molecule has 0 aliphatic carbocycles. The van der Waals surface area contributed by atoms with Gasteiger partial charge in [-0.1, -0.05) is 36.4 Å². The van der Waals surface area contributed by atoms with Crippen LogP contribution in [-0.2, 0) is 26.2 Å². The van der Waals surface area contributed by atoms with Crippen LogP contribution in [0.2, 0.25) is 0 Å². The lowest BCUT2D eigenvalue weighted by Crippen LogP contribution is -2.70. The zero-order valence-corrected chi connectivity index (χ0v) is 18.5. The predicted octanol–water partition coefficient (Wildman–Crippen LogP) is 1.99. The molecule has 1 aliphatic heterocycles. The van der Waals surface area contributed by atoms with Crippen LogP contribution in [0.15, 0.2) is 48.5 Å². The summed E-state index contributed by atoms with van der Waals surface area (Å²) in [4.78, 5) is 27.8. The number of sulfonamides is 1. The number of piperazine rings is 1. The van der Waals surface area contributed by atoms with Gasteiger partial charge in [-0.25, -0.2) is 8.42 Å². The first-order chi connectivity index (χ1) is 14.0. The van der Waals surface area contributed by atoms with Crippen molar-refractivity contribution in [3.05, 3.63) is 65.2 Å². The van der Waals surface area contributed by atoms with Crippen LogP contribution in [0.1, 0.15) is 23.6 Å². The normalized spacial score (nSPS) is 20.3. The Kier molecular flexibility index (Phi) is 6.01. The van der Waals surface area contributed by atoms with Crippen LogP contribution < -0.4 is 10.2 Å². The summed E-state index contributed by atoms with van der Waals surface area (Å²) < 4.78 is 25.4. The Balaban J connectivity index is 1.98. The molecule has 160 valence electrons. The molecule has 1 heterocycles. The molecule has 3 rings (SSSR count). The highest BCUT2D eigenvalue weighted by molar-refractivity contribution is 7.88. The van der Waals surface area contributed by atoms with Gasteiger partial charge in [0.2, 0.25) is 21.8 Å². The third-order valence-corrected chi connectivity index (χ3v) is 6.74. The minimum atomic E-state index is -3.65. The maximum absolute atomic E-state index is 13.3. The fourth-order valence-electron chi connectivity index (χ4n) is 3.64. The molecular weight excluding hydrogens is 402 g/mol. The Morgan fingerprint density at radius 3 is 2.37 bits per heavy atom. The van der Waals surface area contributed by atoms with E-state index < -0.39 is 27.4 Å². The first kappa shape index (κ1) is 22.0. The van der Waals surface area contributed by atoms with Gasteiger partial charge < -0.3 is 5.32 Å². The standard InChI is InChI=1S/C22H27N3O4S/c1-16-10-11-19(12-17(16)2)25-20(26)14-24(30(4,28)29)15-22(25,3)21(27)23-13-18-8-6-5-7-9-18/h5-12H,13-15H2,1-4H3,(H,23,27). The summed E-state index contributed by atoms with van der Waals surface area (Å²) in [6, 6.07) is 14.9. The maximum Gasteiger partial charge on any atom is 0.247 e. The molecule has 8 heteroatoms. The van der Waals surface area contributed by atoms with Crippen molar-refractivity contribution in [2.24, 2.45) is 0 Å². The molecule has 1 atom stereocenters. The van der Waals surface area contributed by atoms with Crippen molar-refractivity contribution >= 4 is 27.5 Å².